The Labute approximate surface area is 202 Å². The van der Waals surface area contributed by atoms with Crippen molar-refractivity contribution in [3.05, 3.63) is 64.7 Å². The van der Waals surface area contributed by atoms with Crippen LogP contribution in [0.25, 0.3) is 0 Å². The first kappa shape index (κ1) is 21.4. The second-order valence-corrected chi connectivity index (χ2v) is 11.4. The van der Waals surface area contributed by atoms with E-state index in [1.165, 1.54) is 23.1 Å². The molecule has 0 amide bonds. The quantitative estimate of drug-likeness (QED) is 0.709. The molecule has 2 aliphatic heterocycles. The summed E-state index contributed by atoms with van der Waals surface area (Å²) < 4.78 is 19.9. The Morgan fingerprint density at radius 3 is 2.76 bits per heavy atom. The molecule has 5 nitrogen and oxygen atoms in total. The Morgan fingerprint density at radius 1 is 1.12 bits per heavy atom. The van der Waals surface area contributed by atoms with Gasteiger partial charge in [0, 0.05) is 41.0 Å². The van der Waals surface area contributed by atoms with Gasteiger partial charge in [-0.1, -0.05) is 42.5 Å². The fraction of sp³-hybridized carbons (Fsp3) is 0.586. The number of rotatable bonds is 6. The summed E-state index contributed by atoms with van der Waals surface area (Å²) in [6.45, 7) is 2.42. The molecule has 2 aromatic carbocycles. The van der Waals surface area contributed by atoms with Crippen LogP contribution in [0.1, 0.15) is 47.9 Å². The molecule has 4 fully saturated rings. The maximum absolute atomic E-state index is 10.2. The number of ether oxygens (including phenoxy) is 3. The van der Waals surface area contributed by atoms with E-state index in [0.717, 1.165) is 43.5 Å². The molecule has 8 rings (SSSR count). The van der Waals surface area contributed by atoms with E-state index in [-0.39, 0.29) is 35.1 Å². The van der Waals surface area contributed by atoms with Crippen LogP contribution in [-0.4, -0.2) is 55.1 Å². The summed E-state index contributed by atoms with van der Waals surface area (Å²) in [6, 6.07) is 15.3. The average Bonchev–Trinajstić information content (AvgIpc) is 3.24. The average molecular weight is 462 g/mol. The van der Waals surface area contributed by atoms with Gasteiger partial charge in [-0.25, -0.2) is 0 Å². The number of benzene rings is 2. The van der Waals surface area contributed by atoms with Crippen molar-refractivity contribution in [1.29, 1.82) is 0 Å². The number of piperidine rings is 1. The van der Waals surface area contributed by atoms with Gasteiger partial charge in [0.1, 0.15) is 17.5 Å². The minimum atomic E-state index is -0.362. The third-order valence-corrected chi connectivity index (χ3v) is 10.5. The van der Waals surface area contributed by atoms with Crippen LogP contribution in [0.3, 0.4) is 0 Å². The summed E-state index contributed by atoms with van der Waals surface area (Å²) in [5, 5.41) is 10.2. The number of likely N-dealkylation sites (tertiary alicyclic amines) is 1. The summed E-state index contributed by atoms with van der Waals surface area (Å²) >= 11 is 0. The predicted octanol–water partition coefficient (Wildman–Crippen LogP) is 3.84. The zero-order valence-electron chi connectivity index (χ0n) is 20.3. The molecule has 6 aliphatic rings. The molecule has 0 radical (unpaired) electrons. The van der Waals surface area contributed by atoms with Crippen molar-refractivity contribution < 1.29 is 19.3 Å². The van der Waals surface area contributed by atoms with Crippen molar-refractivity contribution in [1.82, 2.24) is 4.90 Å². The number of nitrogens with zero attached hydrogens (tertiary/aromatic N) is 1. The molecule has 2 aromatic rings. The van der Waals surface area contributed by atoms with Crippen molar-refractivity contribution in [2.45, 2.75) is 68.5 Å². The number of hydrogen-bond acceptors (Lipinski definition) is 5. The van der Waals surface area contributed by atoms with E-state index in [2.05, 4.69) is 48.3 Å². The molecule has 0 aromatic heterocycles. The van der Waals surface area contributed by atoms with Gasteiger partial charge in [0.15, 0.2) is 0 Å². The molecule has 2 spiro atoms. The third kappa shape index (κ3) is 2.39. The van der Waals surface area contributed by atoms with Crippen LogP contribution in [-0.2, 0) is 34.5 Å². The number of methoxy groups -OCH3 is 1. The zero-order valence-corrected chi connectivity index (χ0v) is 20.3. The number of likely N-dealkylation sites (N-methyl/N-ethyl adjacent to an activating group) is 1. The van der Waals surface area contributed by atoms with Gasteiger partial charge in [0.05, 0.1) is 19.8 Å². The molecule has 34 heavy (non-hydrogen) atoms. The fourth-order valence-electron chi connectivity index (χ4n) is 9.11. The van der Waals surface area contributed by atoms with Crippen LogP contribution in [0.15, 0.2) is 42.5 Å². The Hall–Kier alpha value is -1.92. The Bertz CT molecular complexity index is 1120. The topological polar surface area (TPSA) is 51.2 Å². The molecule has 5 heteroatoms. The molecular formula is C29H35NO4. The standard InChI is InChI=1S/C29H35NO4/c1-30-13-12-28-24-20-8-9-21(16-31)25(24)34-26(28)29(32-2)11-10-27(28,23(30)14-20)15-22(29)18-33-17-19-6-4-3-5-7-19/h3-9,22-23,26,31H,10-18H2,1-2H3/t22-,23-,26?,27-,28+,29-/m1/s1. The van der Waals surface area contributed by atoms with Crippen molar-refractivity contribution in [2.75, 3.05) is 27.3 Å². The molecule has 1 N–H and O–H groups in total. The van der Waals surface area contributed by atoms with Gasteiger partial charge >= 0.3 is 0 Å². The normalized spacial score (nSPS) is 39.1. The second kappa shape index (κ2) is 7.30. The van der Waals surface area contributed by atoms with Crippen LogP contribution < -0.4 is 4.74 Å². The monoisotopic (exact) mass is 461 g/mol. The lowest BCUT2D eigenvalue weighted by molar-refractivity contribution is -0.282. The molecule has 1 saturated heterocycles. The number of aliphatic hydroxyl groups is 1. The van der Waals surface area contributed by atoms with Gasteiger partial charge in [-0.15, -0.1) is 0 Å². The van der Waals surface area contributed by atoms with Gasteiger partial charge in [-0.3, -0.25) is 0 Å². The van der Waals surface area contributed by atoms with Gasteiger partial charge in [0.2, 0.25) is 0 Å². The molecule has 1 unspecified atom stereocenters. The van der Waals surface area contributed by atoms with Gasteiger partial charge in [0.25, 0.3) is 0 Å². The van der Waals surface area contributed by atoms with E-state index >= 15 is 0 Å². The van der Waals surface area contributed by atoms with E-state index < -0.39 is 0 Å². The smallest absolute Gasteiger partial charge is 0.138 e. The van der Waals surface area contributed by atoms with Gasteiger partial charge < -0.3 is 24.2 Å². The van der Waals surface area contributed by atoms with Crippen molar-refractivity contribution in [3.63, 3.8) is 0 Å². The molecule has 4 aliphatic carbocycles. The van der Waals surface area contributed by atoms with Crippen LogP contribution in [0.4, 0.5) is 0 Å². The van der Waals surface area contributed by atoms with E-state index in [0.29, 0.717) is 19.3 Å². The lowest BCUT2D eigenvalue weighted by Crippen LogP contribution is -2.81. The van der Waals surface area contributed by atoms with Crippen LogP contribution in [0.2, 0.25) is 0 Å². The van der Waals surface area contributed by atoms with Crippen molar-refractivity contribution in [2.24, 2.45) is 11.3 Å². The number of aliphatic hydroxyl groups excluding tert-OH is 1. The maximum Gasteiger partial charge on any atom is 0.138 e. The molecule has 3 saturated carbocycles. The first-order valence-electron chi connectivity index (χ1n) is 12.9. The van der Waals surface area contributed by atoms with E-state index in [1.54, 1.807) is 0 Å². The third-order valence-electron chi connectivity index (χ3n) is 10.5. The Balaban J connectivity index is 1.33. The number of hydrogen-bond donors (Lipinski definition) is 1. The van der Waals surface area contributed by atoms with Crippen LogP contribution in [0.5, 0.6) is 5.75 Å². The molecule has 6 atom stereocenters. The minimum Gasteiger partial charge on any atom is -0.486 e. The Kier molecular flexibility index (Phi) is 4.59. The highest BCUT2D eigenvalue weighted by atomic mass is 16.6. The summed E-state index contributed by atoms with van der Waals surface area (Å²) in [5.41, 5.74) is 4.75. The number of fused-ring (bicyclic) bond motifs is 2. The SMILES string of the molecule is CO[C@]12CC[C@@]3(C[C@@H]1COCc1ccccc1)[C@H]1Cc4ccc(CO)c5c4[C@@]3(CCN1C)C2O5. The highest BCUT2D eigenvalue weighted by Crippen LogP contribution is 2.76. The van der Waals surface area contributed by atoms with E-state index in [1.807, 2.05) is 13.2 Å². The summed E-state index contributed by atoms with van der Waals surface area (Å²) in [6.07, 6.45) is 5.45. The van der Waals surface area contributed by atoms with Gasteiger partial charge in [-0.05, 0) is 56.8 Å². The predicted molar refractivity (Wildman–Crippen MR) is 129 cm³/mol. The second-order valence-electron chi connectivity index (χ2n) is 11.4. The lowest BCUT2D eigenvalue weighted by atomic mass is 9.35. The largest absolute Gasteiger partial charge is 0.486 e. The fourth-order valence-corrected chi connectivity index (χ4v) is 9.11. The van der Waals surface area contributed by atoms with E-state index in [9.17, 15) is 5.11 Å². The van der Waals surface area contributed by atoms with Crippen molar-refractivity contribution >= 4 is 0 Å². The molecule has 4 bridgehead atoms. The van der Waals surface area contributed by atoms with Crippen LogP contribution >= 0.6 is 0 Å². The van der Waals surface area contributed by atoms with E-state index in [4.69, 9.17) is 14.2 Å². The summed E-state index contributed by atoms with van der Waals surface area (Å²) in [4.78, 5) is 2.62. The highest BCUT2D eigenvalue weighted by Gasteiger charge is 2.80. The highest BCUT2D eigenvalue weighted by molar-refractivity contribution is 5.61. The van der Waals surface area contributed by atoms with Gasteiger partial charge in [-0.2, -0.15) is 0 Å². The molecular weight excluding hydrogens is 426 g/mol. The first-order valence-corrected chi connectivity index (χ1v) is 12.9. The maximum atomic E-state index is 10.2. The molecule has 180 valence electrons. The molecule has 2 heterocycles. The summed E-state index contributed by atoms with van der Waals surface area (Å²) in [7, 11) is 4.20. The zero-order chi connectivity index (χ0) is 23.1. The minimum absolute atomic E-state index is 0.0178. The Morgan fingerprint density at radius 2 is 1.97 bits per heavy atom. The summed E-state index contributed by atoms with van der Waals surface area (Å²) in [5.74, 6) is 1.25. The first-order chi connectivity index (χ1) is 16.6. The lowest BCUT2D eigenvalue weighted by Gasteiger charge is -2.73. The van der Waals surface area contributed by atoms with Crippen molar-refractivity contribution in [3.8, 4) is 5.75 Å². The van der Waals surface area contributed by atoms with Crippen LogP contribution in [0, 0.1) is 11.3 Å².